The highest BCUT2D eigenvalue weighted by Crippen LogP contribution is 2.18. The molecule has 146 valence electrons. The van der Waals surface area contributed by atoms with Crippen LogP contribution in [-0.4, -0.2) is 56.9 Å². The minimum absolute atomic E-state index is 0.0393. The number of ether oxygens (including phenoxy) is 4. The van der Waals surface area contributed by atoms with Crippen molar-refractivity contribution in [3.8, 4) is 11.6 Å². The van der Waals surface area contributed by atoms with Crippen molar-refractivity contribution in [3.63, 3.8) is 0 Å². The molecule has 0 aliphatic rings. The molecule has 9 nitrogen and oxygen atoms in total. The van der Waals surface area contributed by atoms with Crippen LogP contribution in [0, 0.1) is 0 Å². The molecule has 1 aromatic carbocycles. The van der Waals surface area contributed by atoms with Gasteiger partial charge in [-0.3, -0.25) is 9.59 Å². The van der Waals surface area contributed by atoms with Crippen LogP contribution >= 0.6 is 0 Å². The Morgan fingerprint density at radius 1 is 0.893 bits per heavy atom. The summed E-state index contributed by atoms with van der Waals surface area (Å²) in [7, 11) is 2.42. The number of carbonyl (C=O) groups is 4. The molecule has 0 amide bonds. The maximum atomic E-state index is 11.7. The fourth-order valence-electron chi connectivity index (χ4n) is 2.24. The predicted molar refractivity (Wildman–Crippen MR) is 95.1 cm³/mol. The van der Waals surface area contributed by atoms with E-state index in [0.29, 0.717) is 18.3 Å². The lowest BCUT2D eigenvalue weighted by atomic mass is 10.1. The lowest BCUT2D eigenvalue weighted by molar-refractivity contribution is 0.0590. The lowest BCUT2D eigenvalue weighted by Gasteiger charge is -2.10. The molecule has 0 saturated heterocycles. The van der Waals surface area contributed by atoms with Gasteiger partial charge in [0.2, 0.25) is 5.88 Å². The molecule has 28 heavy (non-hydrogen) atoms. The zero-order valence-electron chi connectivity index (χ0n) is 15.2. The van der Waals surface area contributed by atoms with Crippen LogP contribution in [-0.2, 0) is 9.47 Å². The fraction of sp³-hybridized carbons (Fsp3) is 0.211. The van der Waals surface area contributed by atoms with Gasteiger partial charge in [-0.2, -0.15) is 0 Å². The number of methoxy groups -OCH3 is 2. The molecule has 0 saturated carbocycles. The topological polar surface area (TPSA) is 118 Å². The first-order chi connectivity index (χ1) is 13.5. The van der Waals surface area contributed by atoms with E-state index in [-0.39, 0.29) is 41.3 Å². The zero-order chi connectivity index (χ0) is 20.5. The SMILES string of the molecule is COC(=O)c1ccc(OCCOc2cc(C(=O)OC)c(C=O)cn2)cc1C=O. The maximum absolute atomic E-state index is 11.7. The Labute approximate surface area is 160 Å². The first-order valence-corrected chi connectivity index (χ1v) is 8.00. The van der Waals surface area contributed by atoms with E-state index in [0.717, 1.165) is 0 Å². The molecule has 0 aliphatic carbocycles. The molecular formula is C19H17NO8. The van der Waals surface area contributed by atoms with Gasteiger partial charge >= 0.3 is 11.9 Å². The summed E-state index contributed by atoms with van der Waals surface area (Å²) in [5.74, 6) is -0.831. The van der Waals surface area contributed by atoms with Crippen molar-refractivity contribution in [1.29, 1.82) is 0 Å². The summed E-state index contributed by atoms with van der Waals surface area (Å²) >= 11 is 0. The average Bonchev–Trinajstić information content (AvgIpc) is 2.75. The smallest absolute Gasteiger partial charge is 0.338 e. The van der Waals surface area contributed by atoms with Crippen molar-refractivity contribution in [2.24, 2.45) is 0 Å². The van der Waals surface area contributed by atoms with E-state index in [2.05, 4.69) is 14.5 Å². The minimum atomic E-state index is -0.683. The van der Waals surface area contributed by atoms with Gasteiger partial charge in [-0.15, -0.1) is 0 Å². The van der Waals surface area contributed by atoms with Gasteiger partial charge in [0.15, 0.2) is 12.6 Å². The van der Waals surface area contributed by atoms with Crippen molar-refractivity contribution in [1.82, 2.24) is 4.98 Å². The van der Waals surface area contributed by atoms with E-state index in [1.807, 2.05) is 0 Å². The second-order valence-corrected chi connectivity index (χ2v) is 5.27. The van der Waals surface area contributed by atoms with Gasteiger partial charge in [0, 0.05) is 23.4 Å². The van der Waals surface area contributed by atoms with Crippen LogP contribution in [0.25, 0.3) is 0 Å². The third-order valence-electron chi connectivity index (χ3n) is 3.60. The average molecular weight is 387 g/mol. The Morgan fingerprint density at radius 3 is 2.18 bits per heavy atom. The number of pyridine rings is 1. The van der Waals surface area contributed by atoms with Crippen molar-refractivity contribution in [2.45, 2.75) is 0 Å². The standard InChI is InChI=1S/C19H17NO8/c1-25-18(23)15-4-3-14(7-12(15)10-21)27-5-6-28-17-8-16(19(24)26-2)13(11-22)9-20-17/h3-4,7-11H,5-6H2,1-2H3. The van der Waals surface area contributed by atoms with Gasteiger partial charge in [-0.1, -0.05) is 0 Å². The van der Waals surface area contributed by atoms with E-state index >= 15 is 0 Å². The molecular weight excluding hydrogens is 370 g/mol. The van der Waals surface area contributed by atoms with E-state index in [9.17, 15) is 19.2 Å². The first-order valence-electron chi connectivity index (χ1n) is 8.00. The van der Waals surface area contributed by atoms with Crippen LogP contribution in [0.3, 0.4) is 0 Å². The van der Waals surface area contributed by atoms with E-state index in [1.165, 1.54) is 44.7 Å². The number of carbonyl (C=O) groups excluding carboxylic acids is 4. The summed E-state index contributed by atoms with van der Waals surface area (Å²) in [5, 5.41) is 0. The van der Waals surface area contributed by atoms with E-state index < -0.39 is 11.9 Å². The van der Waals surface area contributed by atoms with E-state index in [1.54, 1.807) is 0 Å². The minimum Gasteiger partial charge on any atom is -0.490 e. The van der Waals surface area contributed by atoms with Crippen LogP contribution < -0.4 is 9.47 Å². The summed E-state index contributed by atoms with van der Waals surface area (Å²) in [6.45, 7) is 0.170. The third kappa shape index (κ3) is 4.91. The fourth-order valence-corrected chi connectivity index (χ4v) is 2.24. The van der Waals surface area contributed by atoms with Crippen LogP contribution in [0.1, 0.15) is 41.4 Å². The summed E-state index contributed by atoms with van der Waals surface area (Å²) in [5.41, 5.74) is 0.398. The Morgan fingerprint density at radius 2 is 1.54 bits per heavy atom. The number of benzene rings is 1. The number of nitrogens with zero attached hydrogens (tertiary/aromatic N) is 1. The van der Waals surface area contributed by atoms with Gasteiger partial charge in [0.25, 0.3) is 0 Å². The van der Waals surface area contributed by atoms with Gasteiger partial charge in [-0.25, -0.2) is 14.6 Å². The molecule has 2 aromatic rings. The maximum Gasteiger partial charge on any atom is 0.338 e. The molecule has 0 N–H and O–H groups in total. The van der Waals surface area contributed by atoms with Crippen LogP contribution in [0.15, 0.2) is 30.5 Å². The molecule has 1 heterocycles. The Bertz CT molecular complexity index is 893. The number of rotatable bonds is 9. The van der Waals surface area contributed by atoms with E-state index in [4.69, 9.17) is 9.47 Å². The lowest BCUT2D eigenvalue weighted by Crippen LogP contribution is -2.12. The summed E-state index contributed by atoms with van der Waals surface area (Å²) in [6, 6.07) is 5.65. The molecule has 0 unspecified atom stereocenters. The molecule has 9 heteroatoms. The van der Waals surface area contributed by atoms with Gasteiger partial charge in [0.1, 0.15) is 19.0 Å². The second-order valence-electron chi connectivity index (χ2n) is 5.27. The Kier molecular flexibility index (Phi) is 7.21. The van der Waals surface area contributed by atoms with Crippen molar-refractivity contribution in [3.05, 3.63) is 52.7 Å². The highest BCUT2D eigenvalue weighted by atomic mass is 16.5. The van der Waals surface area contributed by atoms with Crippen molar-refractivity contribution >= 4 is 24.5 Å². The molecule has 1 aromatic heterocycles. The van der Waals surface area contributed by atoms with Crippen molar-refractivity contribution in [2.75, 3.05) is 27.4 Å². The van der Waals surface area contributed by atoms with Crippen LogP contribution in [0.4, 0.5) is 0 Å². The zero-order valence-corrected chi connectivity index (χ0v) is 15.2. The Balaban J connectivity index is 1.97. The van der Waals surface area contributed by atoms with Gasteiger partial charge in [-0.05, 0) is 18.2 Å². The van der Waals surface area contributed by atoms with Gasteiger partial charge < -0.3 is 18.9 Å². The second kappa shape index (κ2) is 9.81. The molecule has 0 spiro atoms. The molecule has 0 atom stereocenters. The van der Waals surface area contributed by atoms with Crippen LogP contribution in [0.5, 0.6) is 11.6 Å². The Hall–Kier alpha value is -3.75. The quantitative estimate of drug-likeness (QED) is 0.360. The highest BCUT2D eigenvalue weighted by molar-refractivity contribution is 5.99. The number of aromatic nitrogens is 1. The highest BCUT2D eigenvalue weighted by Gasteiger charge is 2.14. The summed E-state index contributed by atoms with van der Waals surface area (Å²) in [6.07, 6.45) is 2.23. The van der Waals surface area contributed by atoms with Crippen LogP contribution in [0.2, 0.25) is 0 Å². The largest absolute Gasteiger partial charge is 0.490 e. The third-order valence-corrected chi connectivity index (χ3v) is 3.60. The molecule has 2 rings (SSSR count). The predicted octanol–water partition coefficient (Wildman–Crippen LogP) is 1.74. The monoisotopic (exact) mass is 387 g/mol. The van der Waals surface area contributed by atoms with Crippen molar-refractivity contribution < 1.29 is 38.1 Å². The molecule has 0 fully saturated rings. The molecule has 0 bridgehead atoms. The van der Waals surface area contributed by atoms with Gasteiger partial charge in [0.05, 0.1) is 25.3 Å². The number of hydrogen-bond acceptors (Lipinski definition) is 9. The number of hydrogen-bond donors (Lipinski definition) is 0. The molecule has 0 aliphatic heterocycles. The summed E-state index contributed by atoms with van der Waals surface area (Å²) in [4.78, 5) is 49.2. The number of esters is 2. The normalized spacial score (nSPS) is 9.93. The summed E-state index contributed by atoms with van der Waals surface area (Å²) < 4.78 is 20.1. The molecule has 0 radical (unpaired) electrons. The number of aldehydes is 2. The first kappa shape index (κ1) is 20.6.